The Morgan fingerprint density at radius 3 is 2.41 bits per heavy atom. The van der Waals surface area contributed by atoms with Gasteiger partial charge in [-0.15, -0.1) is 11.8 Å². The van der Waals surface area contributed by atoms with Gasteiger partial charge in [-0.3, -0.25) is 19.3 Å². The van der Waals surface area contributed by atoms with Crippen LogP contribution in [0.3, 0.4) is 0 Å². The van der Waals surface area contributed by atoms with E-state index in [-0.39, 0.29) is 40.9 Å². The fraction of sp³-hybridized carbons (Fsp3) is 0.190. The number of carbonyl (C=O) groups is 3. The molecule has 1 heterocycles. The van der Waals surface area contributed by atoms with Gasteiger partial charge in [0.25, 0.3) is 11.8 Å². The Morgan fingerprint density at radius 2 is 1.79 bits per heavy atom. The van der Waals surface area contributed by atoms with Crippen molar-refractivity contribution in [2.45, 2.75) is 13.5 Å². The third-order valence-electron chi connectivity index (χ3n) is 4.24. The number of amides is 3. The third kappa shape index (κ3) is 4.55. The average molecular weight is 414 g/mol. The number of imide groups is 1. The first-order valence-electron chi connectivity index (χ1n) is 8.88. The molecule has 0 bridgehead atoms. The molecule has 0 spiro atoms. The topological polar surface area (TPSA) is 86.7 Å². The SMILES string of the molecule is CC(=O)Nc1ccc(C2=C(SCCO)C(=O)N(Cc3ccccc3F)C2=O)cc1. The Balaban J connectivity index is 1.94. The van der Waals surface area contributed by atoms with Gasteiger partial charge in [-0.05, 0) is 23.8 Å². The number of benzene rings is 2. The summed E-state index contributed by atoms with van der Waals surface area (Å²) < 4.78 is 14.0. The van der Waals surface area contributed by atoms with E-state index in [9.17, 15) is 18.8 Å². The molecule has 1 aliphatic heterocycles. The summed E-state index contributed by atoms with van der Waals surface area (Å²) in [6.45, 7) is 1.05. The van der Waals surface area contributed by atoms with E-state index < -0.39 is 17.6 Å². The van der Waals surface area contributed by atoms with Crippen LogP contribution < -0.4 is 5.32 Å². The van der Waals surface area contributed by atoms with Crippen LogP contribution in [0, 0.1) is 5.82 Å². The molecule has 2 aromatic rings. The Labute approximate surface area is 171 Å². The van der Waals surface area contributed by atoms with Crippen LogP contribution in [-0.2, 0) is 20.9 Å². The van der Waals surface area contributed by atoms with Gasteiger partial charge in [-0.2, -0.15) is 0 Å². The molecule has 2 N–H and O–H groups in total. The Kier molecular flexibility index (Phi) is 6.46. The number of thioether (sulfide) groups is 1. The van der Waals surface area contributed by atoms with Crippen LogP contribution in [0.2, 0.25) is 0 Å². The highest BCUT2D eigenvalue weighted by Gasteiger charge is 2.39. The van der Waals surface area contributed by atoms with Crippen molar-refractivity contribution in [3.05, 3.63) is 70.4 Å². The van der Waals surface area contributed by atoms with Crippen molar-refractivity contribution in [2.24, 2.45) is 0 Å². The molecule has 0 fully saturated rings. The molecular formula is C21H19FN2O4S. The first-order valence-corrected chi connectivity index (χ1v) is 9.86. The molecule has 0 aromatic heterocycles. The van der Waals surface area contributed by atoms with Gasteiger partial charge in [0, 0.05) is 23.9 Å². The highest BCUT2D eigenvalue weighted by Crippen LogP contribution is 2.37. The fourth-order valence-corrected chi connectivity index (χ4v) is 3.83. The smallest absolute Gasteiger partial charge is 0.268 e. The minimum absolute atomic E-state index is 0.155. The van der Waals surface area contributed by atoms with Crippen LogP contribution >= 0.6 is 11.8 Å². The number of carbonyl (C=O) groups excluding carboxylic acids is 3. The van der Waals surface area contributed by atoms with Crippen molar-refractivity contribution in [2.75, 3.05) is 17.7 Å². The van der Waals surface area contributed by atoms with Crippen LogP contribution in [0.15, 0.2) is 53.4 Å². The van der Waals surface area contributed by atoms with E-state index in [0.717, 1.165) is 16.7 Å². The van der Waals surface area contributed by atoms with E-state index in [1.165, 1.54) is 25.1 Å². The highest BCUT2D eigenvalue weighted by molar-refractivity contribution is 8.04. The van der Waals surface area contributed by atoms with Crippen molar-refractivity contribution in [1.29, 1.82) is 0 Å². The summed E-state index contributed by atoms with van der Waals surface area (Å²) in [5.41, 5.74) is 1.52. The molecule has 3 rings (SSSR count). The quantitative estimate of drug-likeness (QED) is 0.681. The zero-order chi connectivity index (χ0) is 21.0. The second-order valence-corrected chi connectivity index (χ2v) is 7.43. The summed E-state index contributed by atoms with van der Waals surface area (Å²) in [6.07, 6.45) is 0. The summed E-state index contributed by atoms with van der Waals surface area (Å²) in [6, 6.07) is 12.5. The minimum Gasteiger partial charge on any atom is -0.396 e. The molecule has 8 heteroatoms. The van der Waals surface area contributed by atoms with E-state index in [4.69, 9.17) is 5.11 Å². The molecule has 1 aliphatic rings. The van der Waals surface area contributed by atoms with E-state index >= 15 is 0 Å². The van der Waals surface area contributed by atoms with E-state index in [2.05, 4.69) is 5.32 Å². The lowest BCUT2D eigenvalue weighted by Crippen LogP contribution is -2.31. The normalized spacial score (nSPS) is 14.0. The number of aliphatic hydroxyl groups excluding tert-OH is 1. The lowest BCUT2D eigenvalue weighted by Gasteiger charge is -2.15. The van der Waals surface area contributed by atoms with Crippen LogP contribution in [0.5, 0.6) is 0 Å². The Hall–Kier alpha value is -2.97. The summed E-state index contributed by atoms with van der Waals surface area (Å²) in [4.78, 5) is 38.4. The molecule has 2 aromatic carbocycles. The average Bonchev–Trinajstić information content (AvgIpc) is 2.92. The third-order valence-corrected chi connectivity index (χ3v) is 5.30. The van der Waals surface area contributed by atoms with E-state index in [1.807, 2.05) is 0 Å². The predicted octanol–water partition coefficient (Wildman–Crippen LogP) is 2.79. The van der Waals surface area contributed by atoms with E-state index in [1.54, 1.807) is 30.3 Å². The minimum atomic E-state index is -0.522. The zero-order valence-electron chi connectivity index (χ0n) is 15.6. The predicted molar refractivity (Wildman–Crippen MR) is 109 cm³/mol. The molecule has 29 heavy (non-hydrogen) atoms. The molecule has 0 saturated heterocycles. The van der Waals surface area contributed by atoms with E-state index in [0.29, 0.717) is 11.3 Å². The van der Waals surface area contributed by atoms with Gasteiger partial charge >= 0.3 is 0 Å². The molecule has 0 unspecified atom stereocenters. The molecule has 0 aliphatic carbocycles. The lowest BCUT2D eigenvalue weighted by molar-refractivity contribution is -0.137. The molecule has 0 saturated carbocycles. The summed E-state index contributed by atoms with van der Waals surface area (Å²) >= 11 is 1.09. The molecule has 150 valence electrons. The van der Waals surface area contributed by atoms with Crippen molar-refractivity contribution in [3.8, 4) is 0 Å². The number of nitrogens with zero attached hydrogens (tertiary/aromatic N) is 1. The van der Waals surface area contributed by atoms with Gasteiger partial charge in [-0.25, -0.2) is 4.39 Å². The number of hydrogen-bond donors (Lipinski definition) is 2. The highest BCUT2D eigenvalue weighted by atomic mass is 32.2. The summed E-state index contributed by atoms with van der Waals surface area (Å²) in [5.74, 6) is -1.51. The van der Waals surface area contributed by atoms with Gasteiger partial charge in [0.05, 0.1) is 23.6 Å². The number of rotatable bonds is 7. The first kappa shape index (κ1) is 20.8. The van der Waals surface area contributed by atoms with Gasteiger partial charge in [0.2, 0.25) is 5.91 Å². The van der Waals surface area contributed by atoms with Crippen LogP contribution in [-0.4, -0.2) is 40.1 Å². The molecule has 0 radical (unpaired) electrons. The monoisotopic (exact) mass is 414 g/mol. The van der Waals surface area contributed by atoms with Gasteiger partial charge in [0.15, 0.2) is 0 Å². The maximum absolute atomic E-state index is 14.0. The standard InChI is InChI=1S/C21H19FN2O4S/c1-13(26)23-16-8-6-14(7-9-16)18-19(29-11-10-25)21(28)24(20(18)27)12-15-4-2-3-5-17(15)22/h2-9,25H,10-12H2,1H3,(H,23,26). The Morgan fingerprint density at radius 1 is 1.10 bits per heavy atom. The van der Waals surface area contributed by atoms with Gasteiger partial charge < -0.3 is 10.4 Å². The van der Waals surface area contributed by atoms with Gasteiger partial charge in [-0.1, -0.05) is 30.3 Å². The van der Waals surface area contributed by atoms with Crippen molar-refractivity contribution < 1.29 is 23.9 Å². The van der Waals surface area contributed by atoms with Crippen LogP contribution in [0.25, 0.3) is 5.57 Å². The molecule has 6 nitrogen and oxygen atoms in total. The van der Waals surface area contributed by atoms with Gasteiger partial charge in [0.1, 0.15) is 5.82 Å². The maximum Gasteiger partial charge on any atom is 0.268 e. The van der Waals surface area contributed by atoms with Crippen LogP contribution in [0.1, 0.15) is 18.1 Å². The molecule has 0 atom stereocenters. The largest absolute Gasteiger partial charge is 0.396 e. The second kappa shape index (κ2) is 9.02. The van der Waals surface area contributed by atoms with Crippen molar-refractivity contribution in [1.82, 2.24) is 4.90 Å². The fourth-order valence-electron chi connectivity index (χ4n) is 2.95. The van der Waals surface area contributed by atoms with Crippen LogP contribution in [0.4, 0.5) is 10.1 Å². The number of nitrogens with one attached hydrogen (secondary N) is 1. The summed E-state index contributed by atoms with van der Waals surface area (Å²) in [7, 11) is 0. The number of anilines is 1. The summed E-state index contributed by atoms with van der Waals surface area (Å²) in [5, 5.41) is 11.8. The Bertz CT molecular complexity index is 988. The van der Waals surface area contributed by atoms with Crippen molar-refractivity contribution >= 4 is 40.7 Å². The first-order chi connectivity index (χ1) is 13.9. The number of aliphatic hydroxyl groups is 1. The maximum atomic E-state index is 14.0. The van der Waals surface area contributed by atoms with Crippen molar-refractivity contribution in [3.63, 3.8) is 0 Å². The number of hydrogen-bond acceptors (Lipinski definition) is 5. The second-order valence-electron chi connectivity index (χ2n) is 6.32. The molecular weight excluding hydrogens is 395 g/mol. The number of halogens is 1. The molecule has 3 amide bonds. The lowest BCUT2D eigenvalue weighted by atomic mass is 10.1. The zero-order valence-corrected chi connectivity index (χ0v) is 16.5.